The van der Waals surface area contributed by atoms with Gasteiger partial charge in [-0.25, -0.2) is 0 Å². The van der Waals surface area contributed by atoms with Crippen molar-refractivity contribution in [3.8, 4) is 0 Å². The molecule has 0 rings (SSSR count). The molecule has 0 heterocycles. The molecule has 0 aromatic rings. The Hall–Kier alpha value is 0.540. The third kappa shape index (κ3) is 4.37. The van der Waals surface area contributed by atoms with Crippen molar-refractivity contribution in [3.05, 3.63) is 0 Å². The van der Waals surface area contributed by atoms with E-state index in [4.69, 9.17) is 11.6 Å². The Balaban J connectivity index is 0. The highest BCUT2D eigenvalue weighted by Crippen LogP contribution is 2.07. The van der Waals surface area contributed by atoms with E-state index in [9.17, 15) is 0 Å². The molecule has 0 bridgehead atoms. The summed E-state index contributed by atoms with van der Waals surface area (Å²) in [6.07, 6.45) is 0. The molecule has 3 heteroatoms. The maximum Gasteiger partial charge on any atom is 0.0823 e. The molecule has 0 aromatic carbocycles. The number of halogens is 2. The number of rotatable bonds is 3. The van der Waals surface area contributed by atoms with Crippen LogP contribution in [0, 0.1) is 0 Å². The van der Waals surface area contributed by atoms with Crippen molar-refractivity contribution in [1.82, 2.24) is 4.90 Å². The SMILES string of the molecule is CCN(C(C)C)C(C)Cl.Cl. The molecule has 0 fully saturated rings. The van der Waals surface area contributed by atoms with Gasteiger partial charge >= 0.3 is 0 Å². The van der Waals surface area contributed by atoms with Gasteiger partial charge in [-0.2, -0.15) is 0 Å². The monoisotopic (exact) mass is 185 g/mol. The Morgan fingerprint density at radius 1 is 1.30 bits per heavy atom. The summed E-state index contributed by atoms with van der Waals surface area (Å²) in [5, 5.41) is 0. The van der Waals surface area contributed by atoms with Crippen molar-refractivity contribution in [3.63, 3.8) is 0 Å². The van der Waals surface area contributed by atoms with Gasteiger partial charge in [-0.05, 0) is 27.3 Å². The molecule has 1 unspecified atom stereocenters. The molecule has 0 N–H and O–H groups in total. The first-order valence-corrected chi connectivity index (χ1v) is 3.93. The second-order valence-corrected chi connectivity index (χ2v) is 3.13. The van der Waals surface area contributed by atoms with Gasteiger partial charge in [-0.1, -0.05) is 6.92 Å². The first-order valence-electron chi connectivity index (χ1n) is 3.49. The Kier molecular flexibility index (Phi) is 8.24. The predicted molar refractivity (Wildman–Crippen MR) is 50.1 cm³/mol. The Labute approximate surface area is 75.1 Å². The van der Waals surface area contributed by atoms with E-state index in [0.717, 1.165) is 6.54 Å². The lowest BCUT2D eigenvalue weighted by Gasteiger charge is -2.26. The molecule has 0 saturated carbocycles. The molecular weight excluding hydrogens is 169 g/mol. The van der Waals surface area contributed by atoms with Gasteiger partial charge < -0.3 is 0 Å². The van der Waals surface area contributed by atoms with Crippen LogP contribution in [0.2, 0.25) is 0 Å². The summed E-state index contributed by atoms with van der Waals surface area (Å²) < 4.78 is 0. The molecule has 10 heavy (non-hydrogen) atoms. The van der Waals surface area contributed by atoms with Crippen LogP contribution in [0.1, 0.15) is 27.7 Å². The van der Waals surface area contributed by atoms with Gasteiger partial charge in [0.2, 0.25) is 0 Å². The van der Waals surface area contributed by atoms with Gasteiger partial charge in [0.1, 0.15) is 0 Å². The zero-order valence-corrected chi connectivity index (χ0v) is 8.67. The minimum atomic E-state index is 0. The number of hydrogen-bond acceptors (Lipinski definition) is 1. The van der Waals surface area contributed by atoms with Crippen LogP contribution < -0.4 is 0 Å². The molecule has 0 saturated heterocycles. The first-order chi connectivity index (χ1) is 4.09. The van der Waals surface area contributed by atoms with Gasteiger partial charge in [-0.3, -0.25) is 4.90 Å². The van der Waals surface area contributed by atoms with E-state index < -0.39 is 0 Å². The molecule has 1 atom stereocenters. The number of hydrogen-bond donors (Lipinski definition) is 0. The minimum absolute atomic E-state index is 0. The summed E-state index contributed by atoms with van der Waals surface area (Å²) in [4.78, 5) is 2.22. The molecule has 0 aliphatic carbocycles. The smallest absolute Gasteiger partial charge is 0.0823 e. The van der Waals surface area contributed by atoms with Crippen LogP contribution >= 0.6 is 24.0 Å². The highest BCUT2D eigenvalue weighted by Gasteiger charge is 2.10. The molecule has 0 radical (unpaired) electrons. The molecule has 0 aromatic heterocycles. The van der Waals surface area contributed by atoms with Crippen molar-refractivity contribution in [2.24, 2.45) is 0 Å². The van der Waals surface area contributed by atoms with Crippen molar-refractivity contribution >= 4 is 24.0 Å². The average Bonchev–Trinajstić information content (AvgIpc) is 1.64. The largest absolute Gasteiger partial charge is 0.286 e. The zero-order valence-electron chi connectivity index (χ0n) is 7.10. The lowest BCUT2D eigenvalue weighted by molar-refractivity contribution is 0.222. The van der Waals surface area contributed by atoms with E-state index in [0.29, 0.717) is 6.04 Å². The lowest BCUT2D eigenvalue weighted by Crippen LogP contribution is -2.35. The summed E-state index contributed by atoms with van der Waals surface area (Å²) in [6, 6.07) is 0.558. The van der Waals surface area contributed by atoms with Crippen molar-refractivity contribution < 1.29 is 0 Å². The highest BCUT2D eigenvalue weighted by molar-refractivity contribution is 6.20. The molecule has 0 aliphatic heterocycles. The van der Waals surface area contributed by atoms with Crippen LogP contribution in [0.25, 0.3) is 0 Å². The van der Waals surface area contributed by atoms with Crippen LogP contribution in [-0.2, 0) is 0 Å². The Morgan fingerprint density at radius 3 is 1.70 bits per heavy atom. The van der Waals surface area contributed by atoms with Crippen LogP contribution in [0.4, 0.5) is 0 Å². The molecule has 1 nitrogen and oxygen atoms in total. The predicted octanol–water partition coefficient (Wildman–Crippen LogP) is 2.72. The highest BCUT2D eigenvalue weighted by atomic mass is 35.5. The maximum absolute atomic E-state index is 5.86. The normalized spacial score (nSPS) is 13.5. The molecule has 64 valence electrons. The van der Waals surface area contributed by atoms with E-state index in [1.807, 2.05) is 6.92 Å². The van der Waals surface area contributed by atoms with Gasteiger partial charge in [0.05, 0.1) is 5.50 Å². The fourth-order valence-electron chi connectivity index (χ4n) is 1.03. The van der Waals surface area contributed by atoms with Crippen LogP contribution in [-0.4, -0.2) is 23.0 Å². The quantitative estimate of drug-likeness (QED) is 0.483. The number of alkyl halides is 1. The van der Waals surface area contributed by atoms with E-state index in [-0.39, 0.29) is 17.9 Å². The Bertz CT molecular complexity index is 66.0. The minimum Gasteiger partial charge on any atom is -0.286 e. The van der Waals surface area contributed by atoms with E-state index in [1.165, 1.54) is 0 Å². The second kappa shape index (κ2) is 6.26. The van der Waals surface area contributed by atoms with E-state index in [1.54, 1.807) is 0 Å². The fraction of sp³-hybridized carbons (Fsp3) is 1.00. The van der Waals surface area contributed by atoms with Crippen LogP contribution in [0.3, 0.4) is 0 Å². The zero-order chi connectivity index (χ0) is 7.44. The van der Waals surface area contributed by atoms with Crippen molar-refractivity contribution in [1.29, 1.82) is 0 Å². The van der Waals surface area contributed by atoms with Crippen LogP contribution in [0.15, 0.2) is 0 Å². The fourth-order valence-corrected chi connectivity index (χ4v) is 1.39. The average molecular weight is 186 g/mol. The Morgan fingerprint density at radius 2 is 1.70 bits per heavy atom. The topological polar surface area (TPSA) is 3.24 Å². The second-order valence-electron chi connectivity index (χ2n) is 2.50. The third-order valence-corrected chi connectivity index (χ3v) is 1.74. The molecule has 0 aliphatic rings. The van der Waals surface area contributed by atoms with Gasteiger partial charge in [-0.15, -0.1) is 24.0 Å². The summed E-state index contributed by atoms with van der Waals surface area (Å²) >= 11 is 5.86. The first kappa shape index (κ1) is 13.2. The number of nitrogens with zero attached hydrogens (tertiary/aromatic N) is 1. The third-order valence-electron chi connectivity index (χ3n) is 1.49. The summed E-state index contributed by atoms with van der Waals surface area (Å²) in [5.41, 5.74) is 0.162. The lowest BCUT2D eigenvalue weighted by atomic mass is 10.3. The summed E-state index contributed by atoms with van der Waals surface area (Å²) in [6.45, 7) is 9.47. The van der Waals surface area contributed by atoms with Crippen LogP contribution in [0.5, 0.6) is 0 Å². The standard InChI is InChI=1S/C7H16ClN.ClH/c1-5-9(6(2)3)7(4)8;/h6-7H,5H2,1-4H3;1H. The van der Waals surface area contributed by atoms with Gasteiger partial charge in [0.25, 0.3) is 0 Å². The van der Waals surface area contributed by atoms with E-state index >= 15 is 0 Å². The molecular formula is C7H17Cl2N. The maximum atomic E-state index is 5.86. The summed E-state index contributed by atoms with van der Waals surface area (Å²) in [5.74, 6) is 0. The van der Waals surface area contributed by atoms with Gasteiger partial charge in [0.15, 0.2) is 0 Å². The summed E-state index contributed by atoms with van der Waals surface area (Å²) in [7, 11) is 0. The van der Waals surface area contributed by atoms with Gasteiger partial charge in [0, 0.05) is 6.04 Å². The van der Waals surface area contributed by atoms with E-state index in [2.05, 4.69) is 25.7 Å². The van der Waals surface area contributed by atoms with Crippen molar-refractivity contribution in [2.75, 3.05) is 6.54 Å². The van der Waals surface area contributed by atoms with Crippen molar-refractivity contribution in [2.45, 2.75) is 39.2 Å². The molecule has 0 spiro atoms. The molecule has 0 amide bonds.